The number of aromatic nitrogens is 2. The third kappa shape index (κ3) is 5.89. The van der Waals surface area contributed by atoms with Crippen LogP contribution in [0.1, 0.15) is 28.9 Å². The Morgan fingerprint density at radius 1 is 1.23 bits per heavy atom. The van der Waals surface area contributed by atoms with Gasteiger partial charge < -0.3 is 19.6 Å². The first-order chi connectivity index (χ1) is 15.0. The van der Waals surface area contributed by atoms with Crippen LogP contribution in [0.25, 0.3) is 0 Å². The lowest BCUT2D eigenvalue weighted by Crippen LogP contribution is -2.58. The summed E-state index contributed by atoms with van der Waals surface area (Å²) in [4.78, 5) is 25.3. The molecule has 1 spiro atoms. The quantitative estimate of drug-likeness (QED) is 0.744. The van der Waals surface area contributed by atoms with E-state index in [0.717, 1.165) is 44.7 Å². The van der Waals surface area contributed by atoms with Gasteiger partial charge in [-0.1, -0.05) is 12.1 Å². The summed E-state index contributed by atoms with van der Waals surface area (Å²) in [5.74, 6) is -0.700. The van der Waals surface area contributed by atoms with E-state index >= 15 is 0 Å². The molecule has 0 bridgehead atoms. The topological polar surface area (TPSA) is 87.9 Å². The van der Waals surface area contributed by atoms with Crippen LogP contribution in [0.5, 0.6) is 0 Å². The van der Waals surface area contributed by atoms with Crippen LogP contribution in [-0.2, 0) is 16.1 Å². The van der Waals surface area contributed by atoms with Gasteiger partial charge in [-0.25, -0.2) is 4.39 Å². The lowest BCUT2D eigenvalue weighted by atomic mass is 9.89. The molecule has 9 heteroatoms. The first kappa shape index (κ1) is 22.9. The van der Waals surface area contributed by atoms with Crippen LogP contribution >= 0.6 is 0 Å². The van der Waals surface area contributed by atoms with Gasteiger partial charge in [-0.05, 0) is 38.0 Å². The molecular weight excluding hydrogens is 403 g/mol. The minimum atomic E-state index is -0.461. The van der Waals surface area contributed by atoms with Gasteiger partial charge in [0.1, 0.15) is 5.82 Å². The molecule has 0 unspecified atom stereocenters. The maximum atomic E-state index is 14.0. The highest BCUT2D eigenvalue weighted by atomic mass is 19.1. The van der Waals surface area contributed by atoms with E-state index in [4.69, 9.17) is 14.6 Å². The van der Waals surface area contributed by atoms with Crippen molar-refractivity contribution in [3.63, 3.8) is 0 Å². The Labute approximate surface area is 181 Å². The molecule has 0 radical (unpaired) electrons. The van der Waals surface area contributed by atoms with Crippen LogP contribution in [0.4, 0.5) is 4.39 Å². The Kier molecular flexibility index (Phi) is 7.75. The molecule has 1 amide bonds. The van der Waals surface area contributed by atoms with Crippen LogP contribution in [-0.4, -0.2) is 82.0 Å². The maximum absolute atomic E-state index is 14.0. The molecule has 1 aromatic heterocycles. The number of ether oxygens (including phenoxy) is 1. The fourth-order valence-corrected chi connectivity index (χ4v) is 4.14. The fraction of sp³-hybridized carbons (Fsp3) is 0.500. The fourth-order valence-electron chi connectivity index (χ4n) is 4.14. The average molecular weight is 432 g/mol. The van der Waals surface area contributed by atoms with Gasteiger partial charge >= 0.3 is 0 Å². The summed E-state index contributed by atoms with van der Waals surface area (Å²) in [6.07, 6.45) is 3.77. The number of piperidine rings is 1. The van der Waals surface area contributed by atoms with Gasteiger partial charge in [0.2, 0.25) is 0 Å². The largest absolute Gasteiger partial charge is 0.483 e. The second-order valence-electron chi connectivity index (χ2n) is 7.91. The molecule has 1 aromatic carbocycles. The van der Waals surface area contributed by atoms with Crippen LogP contribution < -0.4 is 0 Å². The monoisotopic (exact) mass is 432 g/mol. The van der Waals surface area contributed by atoms with Gasteiger partial charge in [-0.3, -0.25) is 14.3 Å². The number of amides is 1. The zero-order valence-electron chi connectivity index (χ0n) is 17.7. The lowest BCUT2D eigenvalue weighted by Gasteiger charge is -2.47. The van der Waals surface area contributed by atoms with Crippen molar-refractivity contribution in [1.29, 1.82) is 0 Å². The first-order valence-corrected chi connectivity index (χ1v) is 10.4. The Hall–Kier alpha value is -2.78. The number of likely N-dealkylation sites (tertiary alicyclic amines) is 1. The number of hydrogen-bond donors (Lipinski definition) is 1. The smallest absolute Gasteiger partial charge is 0.290 e. The van der Waals surface area contributed by atoms with Crippen LogP contribution in [0.3, 0.4) is 0 Å². The van der Waals surface area contributed by atoms with Crippen LogP contribution in [0.2, 0.25) is 0 Å². The Balaban J connectivity index is 0.000000858. The number of carbonyl (C=O) groups is 2. The second kappa shape index (κ2) is 10.5. The van der Waals surface area contributed by atoms with E-state index in [1.807, 2.05) is 23.9 Å². The van der Waals surface area contributed by atoms with Gasteiger partial charge in [0, 0.05) is 32.4 Å². The van der Waals surface area contributed by atoms with Gasteiger partial charge in [-0.15, -0.1) is 0 Å². The highest BCUT2D eigenvalue weighted by Gasteiger charge is 2.41. The molecular formula is C22H29FN4O4. The summed E-state index contributed by atoms with van der Waals surface area (Å²) in [6.45, 7) is 6.99. The van der Waals surface area contributed by atoms with Gasteiger partial charge in [0.05, 0.1) is 36.6 Å². The predicted molar refractivity (Wildman–Crippen MR) is 112 cm³/mol. The number of carboxylic acid groups (broad SMARTS) is 1. The van der Waals surface area contributed by atoms with E-state index in [1.165, 1.54) is 6.07 Å². The normalized spacial score (nSPS) is 18.3. The second-order valence-corrected chi connectivity index (χ2v) is 7.91. The maximum Gasteiger partial charge on any atom is 0.290 e. The molecule has 2 aromatic rings. The van der Waals surface area contributed by atoms with Gasteiger partial charge in [-0.2, -0.15) is 5.10 Å². The minimum Gasteiger partial charge on any atom is -0.483 e. The van der Waals surface area contributed by atoms with Crippen molar-refractivity contribution < 1.29 is 23.8 Å². The number of hydrogen-bond acceptors (Lipinski definition) is 5. The van der Waals surface area contributed by atoms with Crippen molar-refractivity contribution >= 4 is 12.4 Å². The van der Waals surface area contributed by atoms with E-state index in [-0.39, 0.29) is 23.5 Å². The molecule has 0 aliphatic carbocycles. The molecule has 0 saturated carbocycles. The van der Waals surface area contributed by atoms with E-state index < -0.39 is 5.82 Å². The lowest BCUT2D eigenvalue weighted by molar-refractivity contribution is -0.127. The molecule has 31 heavy (non-hydrogen) atoms. The molecule has 3 heterocycles. The molecule has 4 rings (SSSR count). The number of aryl methyl sites for hydroxylation is 1. The van der Waals surface area contributed by atoms with Gasteiger partial charge in [0.15, 0.2) is 0 Å². The summed E-state index contributed by atoms with van der Waals surface area (Å²) in [7, 11) is 0. The van der Waals surface area contributed by atoms with Crippen LogP contribution in [0.15, 0.2) is 36.5 Å². The molecule has 2 fully saturated rings. The first-order valence-electron chi connectivity index (χ1n) is 10.4. The number of nitrogens with zero attached hydrogens (tertiary/aromatic N) is 4. The zero-order chi connectivity index (χ0) is 22.3. The number of carbonyl (C=O) groups excluding carboxylic acids is 1. The van der Waals surface area contributed by atoms with Crippen LogP contribution in [0, 0.1) is 12.7 Å². The summed E-state index contributed by atoms with van der Waals surface area (Å²) in [5, 5.41) is 11.3. The van der Waals surface area contributed by atoms with E-state index in [9.17, 15) is 9.18 Å². The molecule has 0 atom stereocenters. The summed E-state index contributed by atoms with van der Waals surface area (Å²) >= 11 is 0. The van der Waals surface area contributed by atoms with E-state index in [2.05, 4.69) is 10.00 Å². The molecule has 8 nitrogen and oxygen atoms in total. The Bertz CT molecular complexity index is 880. The number of benzene rings is 1. The third-order valence-corrected chi connectivity index (χ3v) is 5.83. The highest BCUT2D eigenvalue weighted by Crippen LogP contribution is 2.31. The highest BCUT2D eigenvalue weighted by molar-refractivity contribution is 5.94. The minimum absolute atomic E-state index is 0.145. The van der Waals surface area contributed by atoms with E-state index in [0.29, 0.717) is 19.7 Å². The summed E-state index contributed by atoms with van der Waals surface area (Å²) in [5.41, 5.74) is 0.872. The number of morpholine rings is 1. The number of halogens is 1. The average Bonchev–Trinajstić information content (AvgIpc) is 3.19. The van der Waals surface area contributed by atoms with Crippen molar-refractivity contribution in [2.24, 2.45) is 0 Å². The summed E-state index contributed by atoms with van der Waals surface area (Å²) < 4.78 is 22.1. The zero-order valence-corrected chi connectivity index (χ0v) is 17.7. The Morgan fingerprint density at radius 3 is 2.58 bits per heavy atom. The SMILES string of the molecule is Cc1ccn(CCN2CCC3(CC2)CN(C(=O)c2ccccc2F)CCO3)n1.O=CO. The van der Waals surface area contributed by atoms with Crippen molar-refractivity contribution in [2.75, 3.05) is 39.3 Å². The number of rotatable bonds is 4. The predicted octanol–water partition coefficient (Wildman–Crippen LogP) is 2.04. The van der Waals surface area contributed by atoms with E-state index in [1.54, 1.807) is 23.1 Å². The van der Waals surface area contributed by atoms with Crippen molar-refractivity contribution in [3.05, 3.63) is 53.6 Å². The van der Waals surface area contributed by atoms with Crippen molar-refractivity contribution in [1.82, 2.24) is 19.6 Å². The Morgan fingerprint density at radius 2 is 1.94 bits per heavy atom. The molecule has 2 saturated heterocycles. The molecule has 168 valence electrons. The van der Waals surface area contributed by atoms with Gasteiger partial charge in [0.25, 0.3) is 12.4 Å². The molecule has 2 aliphatic rings. The molecule has 2 aliphatic heterocycles. The van der Waals surface area contributed by atoms with Crippen molar-refractivity contribution in [3.8, 4) is 0 Å². The summed E-state index contributed by atoms with van der Waals surface area (Å²) in [6, 6.07) is 8.21. The third-order valence-electron chi connectivity index (χ3n) is 5.83. The molecule has 1 N–H and O–H groups in total. The van der Waals surface area contributed by atoms with Crippen molar-refractivity contribution in [2.45, 2.75) is 31.9 Å². The standard InChI is InChI=1S/C21H27FN4O2.CH2O2/c1-17-6-9-26(23-17)13-12-24-10-7-21(8-11-24)16-25(14-15-28-21)20(27)18-4-2-3-5-19(18)22;2-1-3/h2-6,9H,7-8,10-16H2,1H3;1H,(H,2,3).